The van der Waals surface area contributed by atoms with Crippen molar-refractivity contribution < 1.29 is 33.3 Å². The van der Waals surface area contributed by atoms with Gasteiger partial charge in [-0.25, -0.2) is 4.79 Å². The zero-order valence-corrected chi connectivity index (χ0v) is 15.6. The summed E-state index contributed by atoms with van der Waals surface area (Å²) < 4.78 is 25.9. The number of hydrogen-bond donors (Lipinski definition) is 1. The average molecular weight is 387 g/mol. The Labute approximate surface area is 162 Å². The van der Waals surface area contributed by atoms with E-state index in [1.807, 2.05) is 19.1 Å². The highest BCUT2D eigenvalue weighted by Crippen LogP contribution is 2.34. The van der Waals surface area contributed by atoms with Crippen molar-refractivity contribution in [1.82, 2.24) is 5.32 Å². The van der Waals surface area contributed by atoms with Gasteiger partial charge in [0.05, 0.1) is 13.2 Å². The largest absolute Gasteiger partial charge is 0.497 e. The van der Waals surface area contributed by atoms with Gasteiger partial charge in [0.15, 0.2) is 24.7 Å². The highest BCUT2D eigenvalue weighted by Gasteiger charge is 2.17. The van der Waals surface area contributed by atoms with E-state index in [0.717, 1.165) is 5.56 Å². The number of methoxy groups -OCH3 is 1. The minimum absolute atomic E-state index is 0.189. The number of fused-ring (bicyclic) bond motifs is 1. The summed E-state index contributed by atoms with van der Waals surface area (Å²) in [5, 5.41) is 2.76. The monoisotopic (exact) mass is 387 g/mol. The second kappa shape index (κ2) is 8.98. The Bertz CT molecular complexity index is 835. The van der Waals surface area contributed by atoms with Crippen LogP contribution in [-0.2, 0) is 14.3 Å². The second-order valence-corrected chi connectivity index (χ2v) is 6.03. The number of ether oxygens (including phenoxy) is 5. The van der Waals surface area contributed by atoms with Crippen LogP contribution >= 0.6 is 0 Å². The fraction of sp³-hybridized carbons (Fsp3) is 0.300. The van der Waals surface area contributed by atoms with E-state index in [2.05, 4.69) is 5.32 Å². The maximum absolute atomic E-state index is 12.0. The van der Waals surface area contributed by atoms with Gasteiger partial charge in [-0.3, -0.25) is 4.79 Å². The molecule has 1 aliphatic rings. The van der Waals surface area contributed by atoms with E-state index in [4.69, 9.17) is 23.7 Å². The summed E-state index contributed by atoms with van der Waals surface area (Å²) in [6, 6.07) is 11.9. The predicted octanol–water partition coefficient (Wildman–Crippen LogP) is 2.22. The Kier molecular flexibility index (Phi) is 6.21. The average Bonchev–Trinajstić information content (AvgIpc) is 3.19. The molecule has 0 unspecified atom stereocenters. The second-order valence-electron chi connectivity index (χ2n) is 6.03. The topological polar surface area (TPSA) is 92.3 Å². The first-order chi connectivity index (χ1) is 13.5. The molecule has 0 spiro atoms. The van der Waals surface area contributed by atoms with Crippen LogP contribution in [0.25, 0.3) is 0 Å². The molecule has 1 aliphatic heterocycles. The summed E-state index contributed by atoms with van der Waals surface area (Å²) in [4.78, 5) is 23.8. The molecule has 1 atom stereocenters. The maximum Gasteiger partial charge on any atom is 0.344 e. The quantitative estimate of drug-likeness (QED) is 0.695. The van der Waals surface area contributed by atoms with Crippen LogP contribution in [0.3, 0.4) is 0 Å². The molecule has 0 saturated carbocycles. The van der Waals surface area contributed by atoms with Gasteiger partial charge >= 0.3 is 5.97 Å². The first kappa shape index (κ1) is 19.3. The van der Waals surface area contributed by atoms with Crippen LogP contribution in [0.2, 0.25) is 0 Å². The highest BCUT2D eigenvalue weighted by molar-refractivity contribution is 5.81. The normalized spacial score (nSPS) is 12.8. The first-order valence-corrected chi connectivity index (χ1v) is 8.66. The lowest BCUT2D eigenvalue weighted by Crippen LogP contribution is -2.31. The molecule has 8 nitrogen and oxygen atoms in total. The van der Waals surface area contributed by atoms with Gasteiger partial charge < -0.3 is 29.0 Å². The Morgan fingerprint density at radius 1 is 1.04 bits per heavy atom. The Balaban J connectivity index is 1.40. The fourth-order valence-electron chi connectivity index (χ4n) is 2.55. The van der Waals surface area contributed by atoms with Crippen LogP contribution in [0, 0.1) is 0 Å². The highest BCUT2D eigenvalue weighted by atomic mass is 16.7. The van der Waals surface area contributed by atoms with Gasteiger partial charge in [-0.2, -0.15) is 0 Å². The molecule has 1 heterocycles. The summed E-state index contributed by atoms with van der Waals surface area (Å²) in [7, 11) is 1.56. The SMILES string of the molecule is COc1ccc(OCC(=O)OCC(=O)N[C@@H](C)c2ccc3c(c2)OCO3)cc1. The molecular formula is C20H21NO7. The predicted molar refractivity (Wildman–Crippen MR) is 98.6 cm³/mol. The van der Waals surface area contributed by atoms with Crippen molar-refractivity contribution in [3.8, 4) is 23.0 Å². The zero-order valence-electron chi connectivity index (χ0n) is 15.6. The lowest BCUT2D eigenvalue weighted by molar-refractivity contribution is -0.150. The molecule has 0 bridgehead atoms. The molecule has 2 aromatic carbocycles. The van der Waals surface area contributed by atoms with Crippen molar-refractivity contribution in [2.45, 2.75) is 13.0 Å². The summed E-state index contributed by atoms with van der Waals surface area (Å²) >= 11 is 0. The third-order valence-electron chi connectivity index (χ3n) is 4.05. The summed E-state index contributed by atoms with van der Waals surface area (Å²) in [6.45, 7) is 1.33. The van der Waals surface area contributed by atoms with E-state index in [-0.39, 0.29) is 26.0 Å². The maximum atomic E-state index is 12.0. The van der Waals surface area contributed by atoms with Crippen LogP contribution in [0.4, 0.5) is 0 Å². The molecule has 1 N–H and O–H groups in total. The minimum Gasteiger partial charge on any atom is -0.497 e. The fourth-order valence-corrected chi connectivity index (χ4v) is 2.55. The standard InChI is InChI=1S/C20H21NO7/c1-13(14-3-8-17-18(9-14)28-12-27-17)21-19(22)10-26-20(23)11-25-16-6-4-15(24-2)5-7-16/h3-9,13H,10-12H2,1-2H3,(H,21,22)/t13-/m0/s1. The molecule has 28 heavy (non-hydrogen) atoms. The minimum atomic E-state index is -0.637. The molecule has 8 heteroatoms. The third kappa shape index (κ3) is 5.06. The van der Waals surface area contributed by atoms with Crippen LogP contribution < -0.4 is 24.3 Å². The number of benzene rings is 2. The molecule has 3 rings (SSSR count). The van der Waals surface area contributed by atoms with Gasteiger partial charge in [0.1, 0.15) is 11.5 Å². The van der Waals surface area contributed by atoms with Crippen molar-refractivity contribution in [2.24, 2.45) is 0 Å². The molecule has 148 valence electrons. The Hall–Kier alpha value is -3.42. The lowest BCUT2D eigenvalue weighted by Gasteiger charge is -2.15. The molecule has 0 aromatic heterocycles. The van der Waals surface area contributed by atoms with Crippen molar-refractivity contribution in [1.29, 1.82) is 0 Å². The number of hydrogen-bond acceptors (Lipinski definition) is 7. The Morgan fingerprint density at radius 3 is 2.50 bits per heavy atom. The first-order valence-electron chi connectivity index (χ1n) is 8.66. The number of nitrogens with one attached hydrogen (secondary N) is 1. The Morgan fingerprint density at radius 2 is 1.75 bits per heavy atom. The van der Waals surface area contributed by atoms with E-state index in [1.54, 1.807) is 37.4 Å². The molecule has 0 fully saturated rings. The zero-order chi connectivity index (χ0) is 19.9. The van der Waals surface area contributed by atoms with Gasteiger partial charge in [0.2, 0.25) is 6.79 Å². The third-order valence-corrected chi connectivity index (χ3v) is 4.05. The number of carbonyl (C=O) groups is 2. The molecular weight excluding hydrogens is 366 g/mol. The molecule has 2 aromatic rings. The van der Waals surface area contributed by atoms with Gasteiger partial charge in [0, 0.05) is 0 Å². The summed E-state index contributed by atoms with van der Waals surface area (Å²) in [5.74, 6) is 1.44. The van der Waals surface area contributed by atoms with Gasteiger partial charge in [0.25, 0.3) is 5.91 Å². The van der Waals surface area contributed by atoms with Crippen molar-refractivity contribution in [3.63, 3.8) is 0 Å². The molecule has 1 amide bonds. The molecule has 0 aliphatic carbocycles. The van der Waals surface area contributed by atoms with E-state index < -0.39 is 11.9 Å². The van der Waals surface area contributed by atoms with E-state index >= 15 is 0 Å². The summed E-state index contributed by atoms with van der Waals surface area (Å²) in [5.41, 5.74) is 0.853. The summed E-state index contributed by atoms with van der Waals surface area (Å²) in [6.07, 6.45) is 0. The van der Waals surface area contributed by atoms with Crippen LogP contribution in [0.5, 0.6) is 23.0 Å². The van der Waals surface area contributed by atoms with Crippen LogP contribution in [0.15, 0.2) is 42.5 Å². The van der Waals surface area contributed by atoms with Gasteiger partial charge in [-0.05, 0) is 48.9 Å². The van der Waals surface area contributed by atoms with E-state index in [9.17, 15) is 9.59 Å². The molecule has 0 saturated heterocycles. The van der Waals surface area contributed by atoms with Crippen molar-refractivity contribution in [3.05, 3.63) is 48.0 Å². The number of rotatable bonds is 8. The van der Waals surface area contributed by atoms with Crippen molar-refractivity contribution in [2.75, 3.05) is 27.1 Å². The molecule has 0 radical (unpaired) electrons. The van der Waals surface area contributed by atoms with E-state index in [1.165, 1.54) is 0 Å². The lowest BCUT2D eigenvalue weighted by atomic mass is 10.1. The number of carbonyl (C=O) groups excluding carboxylic acids is 2. The van der Waals surface area contributed by atoms with Crippen LogP contribution in [0.1, 0.15) is 18.5 Å². The van der Waals surface area contributed by atoms with Crippen molar-refractivity contribution >= 4 is 11.9 Å². The van der Waals surface area contributed by atoms with Gasteiger partial charge in [-0.15, -0.1) is 0 Å². The van der Waals surface area contributed by atoms with E-state index in [0.29, 0.717) is 23.0 Å². The number of esters is 1. The van der Waals surface area contributed by atoms with Gasteiger partial charge in [-0.1, -0.05) is 6.07 Å². The number of amides is 1. The van der Waals surface area contributed by atoms with Crippen LogP contribution in [-0.4, -0.2) is 39.0 Å². The smallest absolute Gasteiger partial charge is 0.344 e.